The molecule has 2 heteroatoms. The van der Waals surface area contributed by atoms with Crippen LogP contribution in [0.25, 0.3) is 0 Å². The van der Waals surface area contributed by atoms with Crippen LogP contribution in [-0.4, -0.2) is 25.7 Å². The SMILES string of the molecule is CCCCCCCCCCCCCCCCCC[S+](CCCCCCCCCCCCCCCCCC)CCCCCCCCCCCCCCCCCC.[B-]. The Balaban J connectivity index is 0. The van der Waals surface area contributed by atoms with E-state index in [0.29, 0.717) is 0 Å². The van der Waals surface area contributed by atoms with Gasteiger partial charge in [0.1, 0.15) is 17.3 Å². The van der Waals surface area contributed by atoms with E-state index in [4.69, 9.17) is 0 Å². The molecule has 0 amide bonds. The molecule has 0 aliphatic rings. The van der Waals surface area contributed by atoms with Crippen molar-refractivity contribution in [2.75, 3.05) is 17.3 Å². The molecule has 56 heavy (non-hydrogen) atoms. The molecule has 0 atom stereocenters. The standard InChI is InChI=1S/C54H111S.B/c1-4-7-10-13-16-19-22-25-28-31-34-37-40-43-46-49-52-55(53-50-47-44-41-38-35-32-29-26-23-20-17-14-11-8-5-2)54-51-48-45-42-39-36-33-30-27-24-21-18-15-12-9-6-3;/h4-54H2,1-3H3;/q+1;-1. The first-order valence-electron chi connectivity index (χ1n) is 27.0. The van der Waals surface area contributed by atoms with Gasteiger partial charge in [-0.25, -0.2) is 0 Å². The van der Waals surface area contributed by atoms with Crippen LogP contribution in [0.15, 0.2) is 0 Å². The van der Waals surface area contributed by atoms with Crippen molar-refractivity contribution in [1.82, 2.24) is 0 Å². The van der Waals surface area contributed by atoms with Gasteiger partial charge in [0, 0.05) is 0 Å². The lowest BCUT2D eigenvalue weighted by Crippen LogP contribution is -2.17. The zero-order valence-electron chi connectivity index (χ0n) is 40.0. The smallest absolute Gasteiger partial charge is 0.108 e. The van der Waals surface area contributed by atoms with Crippen molar-refractivity contribution in [3.63, 3.8) is 0 Å². The van der Waals surface area contributed by atoms with E-state index in [0.717, 1.165) is 10.9 Å². The highest BCUT2D eigenvalue weighted by molar-refractivity contribution is 7.96. The van der Waals surface area contributed by atoms with Gasteiger partial charge in [0.25, 0.3) is 0 Å². The molecule has 0 heterocycles. The molecule has 0 bridgehead atoms. The van der Waals surface area contributed by atoms with Gasteiger partial charge >= 0.3 is 0 Å². The molecule has 0 aliphatic heterocycles. The van der Waals surface area contributed by atoms with Crippen molar-refractivity contribution in [1.29, 1.82) is 0 Å². The fourth-order valence-electron chi connectivity index (χ4n) is 8.87. The van der Waals surface area contributed by atoms with Crippen LogP contribution in [0.5, 0.6) is 0 Å². The minimum Gasteiger partial charge on any atom is -1.00 e. The van der Waals surface area contributed by atoms with E-state index in [1.807, 2.05) is 0 Å². The summed E-state index contributed by atoms with van der Waals surface area (Å²) in [7, 11) is 0.723. The molecule has 0 saturated carbocycles. The highest BCUT2D eigenvalue weighted by Gasteiger charge is 2.16. The summed E-state index contributed by atoms with van der Waals surface area (Å²) in [5.41, 5.74) is 0. The molecule has 0 aromatic heterocycles. The summed E-state index contributed by atoms with van der Waals surface area (Å²) in [4.78, 5) is 0. The van der Waals surface area contributed by atoms with Crippen LogP contribution in [-0.2, 0) is 10.9 Å². The predicted octanol–water partition coefficient (Wildman–Crippen LogP) is 20.0. The summed E-state index contributed by atoms with van der Waals surface area (Å²) in [5, 5.41) is 0. The van der Waals surface area contributed by atoms with Gasteiger partial charge in [-0.1, -0.05) is 290 Å². The molecule has 336 valence electrons. The Morgan fingerprint density at radius 2 is 0.268 bits per heavy atom. The molecule has 0 rings (SSSR count). The molecule has 4 radical (unpaired) electrons. The second-order valence-electron chi connectivity index (χ2n) is 18.6. The number of unbranched alkanes of at least 4 members (excludes halogenated alkanes) is 45. The van der Waals surface area contributed by atoms with Crippen molar-refractivity contribution >= 4 is 19.3 Å². The van der Waals surface area contributed by atoms with Crippen molar-refractivity contribution in [3.8, 4) is 0 Å². The third-order valence-corrected chi connectivity index (χ3v) is 15.5. The van der Waals surface area contributed by atoms with Crippen LogP contribution in [0.4, 0.5) is 0 Å². The van der Waals surface area contributed by atoms with Crippen LogP contribution in [0.1, 0.15) is 329 Å². The van der Waals surface area contributed by atoms with Gasteiger partial charge in [0.2, 0.25) is 0 Å². The van der Waals surface area contributed by atoms with Crippen molar-refractivity contribution in [2.45, 2.75) is 329 Å². The fraction of sp³-hybridized carbons (Fsp3) is 1.00. The molecule has 0 spiro atoms. The van der Waals surface area contributed by atoms with Crippen LogP contribution >= 0.6 is 0 Å². The lowest BCUT2D eigenvalue weighted by Gasteiger charge is -2.10. The molecule has 0 fully saturated rings. The van der Waals surface area contributed by atoms with Crippen molar-refractivity contribution in [2.24, 2.45) is 0 Å². The van der Waals surface area contributed by atoms with Gasteiger partial charge in [-0.15, -0.1) is 0 Å². The molecule has 0 aromatic rings. The zero-order valence-corrected chi connectivity index (χ0v) is 40.9. The van der Waals surface area contributed by atoms with Crippen molar-refractivity contribution < 1.29 is 0 Å². The van der Waals surface area contributed by atoms with E-state index < -0.39 is 0 Å². The van der Waals surface area contributed by atoms with Crippen molar-refractivity contribution in [3.05, 3.63) is 0 Å². The molecular weight excluding hydrogens is 691 g/mol. The Bertz CT molecular complexity index is 550. The highest BCUT2D eigenvalue weighted by atomic mass is 32.2. The average Bonchev–Trinajstić information content (AvgIpc) is 3.20. The van der Waals surface area contributed by atoms with E-state index >= 15 is 0 Å². The normalized spacial score (nSPS) is 11.6. The van der Waals surface area contributed by atoms with E-state index in [1.165, 1.54) is 308 Å². The highest BCUT2D eigenvalue weighted by Crippen LogP contribution is 2.19. The van der Waals surface area contributed by atoms with Gasteiger partial charge < -0.3 is 8.41 Å². The molecule has 0 aliphatic carbocycles. The minimum absolute atomic E-state index is 0. The molecule has 0 aromatic carbocycles. The Kier molecular flexibility index (Phi) is 57.9. The largest absolute Gasteiger partial charge is 1.00 e. The van der Waals surface area contributed by atoms with Crippen LogP contribution < -0.4 is 0 Å². The van der Waals surface area contributed by atoms with E-state index in [-0.39, 0.29) is 8.41 Å². The summed E-state index contributed by atoms with van der Waals surface area (Å²) in [6.45, 7) is 6.96. The van der Waals surface area contributed by atoms with Gasteiger partial charge in [-0.2, -0.15) is 0 Å². The zero-order chi connectivity index (χ0) is 39.6. The first-order chi connectivity index (χ1) is 27.3. The second kappa shape index (κ2) is 55.4. The quantitative estimate of drug-likeness (QED) is 0.0326. The third-order valence-electron chi connectivity index (χ3n) is 12.9. The van der Waals surface area contributed by atoms with Gasteiger partial charge in [-0.05, 0) is 49.4 Å². The Labute approximate surface area is 363 Å². The maximum Gasteiger partial charge on any atom is 0.108 e. The Morgan fingerprint density at radius 1 is 0.161 bits per heavy atom. The van der Waals surface area contributed by atoms with E-state index in [9.17, 15) is 0 Å². The second-order valence-corrected chi connectivity index (χ2v) is 21.1. The molecule has 0 nitrogen and oxygen atoms in total. The molecule has 0 N–H and O–H groups in total. The number of hydrogen-bond donors (Lipinski definition) is 0. The summed E-state index contributed by atoms with van der Waals surface area (Å²) in [5.74, 6) is 4.70. The maximum atomic E-state index is 2.32. The average molecular weight is 803 g/mol. The minimum atomic E-state index is 0. The van der Waals surface area contributed by atoms with Crippen LogP contribution in [0.3, 0.4) is 0 Å². The first kappa shape index (κ1) is 58.5. The third kappa shape index (κ3) is 52.4. The fourth-order valence-corrected chi connectivity index (χ4v) is 11.3. The lowest BCUT2D eigenvalue weighted by molar-refractivity contribution is 0.531. The number of rotatable bonds is 51. The topological polar surface area (TPSA) is 0 Å². The summed E-state index contributed by atoms with van der Waals surface area (Å²) < 4.78 is 0. The van der Waals surface area contributed by atoms with E-state index in [1.54, 1.807) is 17.3 Å². The molecule has 0 saturated heterocycles. The Morgan fingerprint density at radius 3 is 0.393 bits per heavy atom. The van der Waals surface area contributed by atoms with Crippen LogP contribution in [0, 0.1) is 0 Å². The summed E-state index contributed by atoms with van der Waals surface area (Å²) in [6, 6.07) is 0. The molecular formula is C54H111BS. The van der Waals surface area contributed by atoms with Gasteiger partial charge in [-0.3, -0.25) is 0 Å². The number of hydrogen-bond acceptors (Lipinski definition) is 0. The van der Waals surface area contributed by atoms with E-state index in [2.05, 4.69) is 20.8 Å². The van der Waals surface area contributed by atoms with Gasteiger partial charge in [0.15, 0.2) is 0 Å². The first-order valence-corrected chi connectivity index (χ1v) is 28.7. The van der Waals surface area contributed by atoms with Crippen LogP contribution in [0.2, 0.25) is 0 Å². The molecule has 0 unspecified atom stereocenters. The predicted molar refractivity (Wildman–Crippen MR) is 266 cm³/mol. The monoisotopic (exact) mass is 803 g/mol. The summed E-state index contributed by atoms with van der Waals surface area (Å²) in [6.07, 6.45) is 71.3. The summed E-state index contributed by atoms with van der Waals surface area (Å²) >= 11 is 0. The van der Waals surface area contributed by atoms with Gasteiger partial charge in [0.05, 0.1) is 0 Å². The maximum absolute atomic E-state index is 2.32. The Hall–Kier alpha value is 0.415. The lowest BCUT2D eigenvalue weighted by atomic mass is 10.0.